The molecule has 2 heterocycles. The summed E-state index contributed by atoms with van der Waals surface area (Å²) in [7, 11) is 1.64. The fraction of sp³-hybridized carbons (Fsp3) is 0.438. The number of hydrogen-bond acceptors (Lipinski definition) is 4. The van der Waals surface area contributed by atoms with E-state index < -0.39 is 0 Å². The van der Waals surface area contributed by atoms with Gasteiger partial charge in [-0.05, 0) is 30.0 Å². The van der Waals surface area contributed by atoms with Crippen molar-refractivity contribution in [1.82, 2.24) is 14.9 Å². The molecule has 1 atom stereocenters. The average Bonchev–Trinajstić information content (AvgIpc) is 2.86. The molecule has 1 saturated heterocycles. The molecule has 3 rings (SSSR count). The molecular formula is C16H19N3O3. The Bertz CT molecular complexity index is 741. The standard InChI is InChI=1S/C16H19N3O3/c1-22-5-4-19-9-12(8-15(19)20)6-11-2-3-14-13(7-11)16(21)18-10-17-14/h2-3,7,10,12H,4-6,8-9H2,1H3,(H,17,18,21)/t12-/m1/s1. The molecular weight excluding hydrogens is 282 g/mol. The molecule has 116 valence electrons. The van der Waals surface area contributed by atoms with Gasteiger partial charge in [0.2, 0.25) is 5.91 Å². The minimum absolute atomic E-state index is 0.129. The third kappa shape index (κ3) is 3.01. The van der Waals surface area contributed by atoms with Gasteiger partial charge in [0.1, 0.15) is 0 Å². The van der Waals surface area contributed by atoms with E-state index in [2.05, 4.69) is 9.97 Å². The first-order valence-electron chi connectivity index (χ1n) is 7.40. The zero-order valence-electron chi connectivity index (χ0n) is 12.5. The van der Waals surface area contributed by atoms with E-state index in [0.29, 0.717) is 30.5 Å². The first kappa shape index (κ1) is 14.7. The Morgan fingerprint density at radius 2 is 2.27 bits per heavy atom. The number of nitrogens with one attached hydrogen (secondary N) is 1. The van der Waals surface area contributed by atoms with Gasteiger partial charge in [-0.15, -0.1) is 0 Å². The highest BCUT2D eigenvalue weighted by Crippen LogP contribution is 2.22. The summed E-state index contributed by atoms with van der Waals surface area (Å²) in [6.45, 7) is 1.96. The van der Waals surface area contributed by atoms with E-state index in [0.717, 1.165) is 18.5 Å². The fourth-order valence-corrected chi connectivity index (χ4v) is 2.98. The Morgan fingerprint density at radius 1 is 1.41 bits per heavy atom. The number of likely N-dealkylation sites (tertiary alicyclic amines) is 1. The summed E-state index contributed by atoms with van der Waals surface area (Å²) in [5.41, 5.74) is 1.63. The number of methoxy groups -OCH3 is 1. The van der Waals surface area contributed by atoms with Gasteiger partial charge in [-0.3, -0.25) is 9.59 Å². The second-order valence-corrected chi connectivity index (χ2v) is 5.69. The maximum atomic E-state index is 12.0. The van der Waals surface area contributed by atoms with Crippen LogP contribution in [-0.2, 0) is 16.0 Å². The van der Waals surface area contributed by atoms with Gasteiger partial charge in [-0.2, -0.15) is 0 Å². The Hall–Kier alpha value is -2.21. The molecule has 1 amide bonds. The van der Waals surface area contributed by atoms with E-state index in [4.69, 9.17) is 4.74 Å². The Balaban J connectivity index is 1.73. The molecule has 1 aromatic heterocycles. The minimum atomic E-state index is -0.129. The normalized spacial score (nSPS) is 18.3. The molecule has 22 heavy (non-hydrogen) atoms. The van der Waals surface area contributed by atoms with Gasteiger partial charge in [0.05, 0.1) is 23.8 Å². The number of fused-ring (bicyclic) bond motifs is 1. The zero-order valence-corrected chi connectivity index (χ0v) is 12.5. The number of amides is 1. The number of benzene rings is 1. The van der Waals surface area contributed by atoms with Crippen molar-refractivity contribution in [3.63, 3.8) is 0 Å². The predicted octanol–water partition coefficient (Wildman–Crippen LogP) is 0.961. The number of ether oxygens (including phenoxy) is 1. The molecule has 0 unspecified atom stereocenters. The Morgan fingerprint density at radius 3 is 3.09 bits per heavy atom. The second kappa shape index (κ2) is 6.27. The summed E-state index contributed by atoms with van der Waals surface area (Å²) in [6.07, 6.45) is 2.76. The summed E-state index contributed by atoms with van der Waals surface area (Å²) in [5, 5.41) is 0.598. The number of H-pyrrole nitrogens is 1. The lowest BCUT2D eigenvalue weighted by atomic mass is 9.97. The number of aromatic amines is 1. The van der Waals surface area contributed by atoms with Gasteiger partial charge in [-0.1, -0.05) is 6.07 Å². The molecule has 0 saturated carbocycles. The van der Waals surface area contributed by atoms with Crippen molar-refractivity contribution in [3.05, 3.63) is 40.4 Å². The van der Waals surface area contributed by atoms with E-state index >= 15 is 0 Å². The third-order valence-corrected chi connectivity index (χ3v) is 4.09. The molecule has 1 fully saturated rings. The van der Waals surface area contributed by atoms with Crippen LogP contribution in [0.25, 0.3) is 10.9 Å². The monoisotopic (exact) mass is 301 g/mol. The topological polar surface area (TPSA) is 75.3 Å². The average molecular weight is 301 g/mol. The summed E-state index contributed by atoms with van der Waals surface area (Å²) < 4.78 is 5.03. The quantitative estimate of drug-likeness (QED) is 0.892. The lowest BCUT2D eigenvalue weighted by Gasteiger charge is -2.16. The smallest absolute Gasteiger partial charge is 0.258 e. The SMILES string of the molecule is COCCN1C[C@H](Cc2ccc3nc[nH]c(=O)c3c2)CC1=O. The van der Waals surface area contributed by atoms with E-state index in [9.17, 15) is 9.59 Å². The van der Waals surface area contributed by atoms with E-state index in [1.54, 1.807) is 7.11 Å². The number of carbonyl (C=O) groups is 1. The van der Waals surface area contributed by atoms with Crippen LogP contribution >= 0.6 is 0 Å². The highest BCUT2D eigenvalue weighted by atomic mass is 16.5. The van der Waals surface area contributed by atoms with Crippen LogP contribution in [0, 0.1) is 5.92 Å². The van der Waals surface area contributed by atoms with Crippen molar-refractivity contribution in [2.45, 2.75) is 12.8 Å². The lowest BCUT2D eigenvalue weighted by Crippen LogP contribution is -2.28. The summed E-state index contributed by atoms with van der Waals surface area (Å²) in [4.78, 5) is 32.4. The zero-order chi connectivity index (χ0) is 15.5. The fourth-order valence-electron chi connectivity index (χ4n) is 2.98. The van der Waals surface area contributed by atoms with Crippen LogP contribution in [0.15, 0.2) is 29.3 Å². The number of aromatic nitrogens is 2. The molecule has 1 aliphatic rings. The van der Waals surface area contributed by atoms with E-state index in [-0.39, 0.29) is 17.4 Å². The lowest BCUT2D eigenvalue weighted by molar-refractivity contribution is -0.128. The predicted molar refractivity (Wildman–Crippen MR) is 82.6 cm³/mol. The van der Waals surface area contributed by atoms with Crippen LogP contribution in [0.3, 0.4) is 0 Å². The van der Waals surface area contributed by atoms with E-state index in [1.165, 1.54) is 6.33 Å². The first-order chi connectivity index (χ1) is 10.7. The van der Waals surface area contributed by atoms with Crippen LogP contribution in [0.2, 0.25) is 0 Å². The van der Waals surface area contributed by atoms with Gasteiger partial charge in [0, 0.05) is 26.6 Å². The summed E-state index contributed by atoms with van der Waals surface area (Å²) >= 11 is 0. The van der Waals surface area contributed by atoms with Crippen molar-refractivity contribution in [2.75, 3.05) is 26.8 Å². The second-order valence-electron chi connectivity index (χ2n) is 5.69. The Kier molecular flexibility index (Phi) is 4.20. The maximum absolute atomic E-state index is 12.0. The van der Waals surface area contributed by atoms with Crippen molar-refractivity contribution in [1.29, 1.82) is 0 Å². The summed E-state index contributed by atoms with van der Waals surface area (Å²) in [6, 6.07) is 5.72. The van der Waals surface area contributed by atoms with Gasteiger partial charge in [0.15, 0.2) is 0 Å². The minimum Gasteiger partial charge on any atom is -0.383 e. The van der Waals surface area contributed by atoms with Crippen LogP contribution in [-0.4, -0.2) is 47.6 Å². The molecule has 0 spiro atoms. The molecule has 0 aliphatic carbocycles. The van der Waals surface area contributed by atoms with Crippen molar-refractivity contribution >= 4 is 16.8 Å². The number of rotatable bonds is 5. The van der Waals surface area contributed by atoms with Gasteiger partial charge < -0.3 is 14.6 Å². The number of hydrogen-bond donors (Lipinski definition) is 1. The maximum Gasteiger partial charge on any atom is 0.258 e. The summed E-state index contributed by atoms with van der Waals surface area (Å²) in [5.74, 6) is 0.472. The van der Waals surface area contributed by atoms with Crippen molar-refractivity contribution < 1.29 is 9.53 Å². The molecule has 6 heteroatoms. The first-order valence-corrected chi connectivity index (χ1v) is 7.40. The van der Waals surface area contributed by atoms with Crippen molar-refractivity contribution in [2.24, 2.45) is 5.92 Å². The van der Waals surface area contributed by atoms with Gasteiger partial charge in [-0.25, -0.2) is 4.98 Å². The molecule has 1 aliphatic heterocycles. The molecule has 1 N–H and O–H groups in total. The number of nitrogens with zero attached hydrogens (tertiary/aromatic N) is 2. The Labute approximate surface area is 128 Å². The van der Waals surface area contributed by atoms with Crippen LogP contribution in [0.1, 0.15) is 12.0 Å². The molecule has 1 aromatic carbocycles. The molecule has 0 radical (unpaired) electrons. The molecule has 6 nitrogen and oxygen atoms in total. The van der Waals surface area contributed by atoms with Crippen LogP contribution in [0.4, 0.5) is 0 Å². The van der Waals surface area contributed by atoms with Crippen LogP contribution < -0.4 is 5.56 Å². The van der Waals surface area contributed by atoms with Crippen molar-refractivity contribution in [3.8, 4) is 0 Å². The third-order valence-electron chi connectivity index (χ3n) is 4.09. The molecule has 0 bridgehead atoms. The molecule has 2 aromatic rings. The van der Waals surface area contributed by atoms with E-state index in [1.807, 2.05) is 23.1 Å². The largest absolute Gasteiger partial charge is 0.383 e. The van der Waals surface area contributed by atoms with Gasteiger partial charge in [0.25, 0.3) is 5.56 Å². The highest BCUT2D eigenvalue weighted by Gasteiger charge is 2.29. The number of carbonyl (C=O) groups excluding carboxylic acids is 1. The van der Waals surface area contributed by atoms with Gasteiger partial charge >= 0.3 is 0 Å². The highest BCUT2D eigenvalue weighted by molar-refractivity contribution is 5.79. The van der Waals surface area contributed by atoms with Crippen LogP contribution in [0.5, 0.6) is 0 Å².